The van der Waals surface area contributed by atoms with E-state index >= 15 is 0 Å². The number of carbonyl (C=O) groups excluding carboxylic acids is 1. The second-order valence-corrected chi connectivity index (χ2v) is 6.03. The molecule has 1 aliphatic heterocycles. The number of ketones is 1. The van der Waals surface area contributed by atoms with E-state index in [0.717, 1.165) is 10.9 Å². The molecule has 1 unspecified atom stereocenters. The maximum atomic E-state index is 12.7. The highest BCUT2D eigenvalue weighted by atomic mass is 16.5. The third-order valence-corrected chi connectivity index (χ3v) is 4.55. The molecule has 3 aromatic carbocycles. The predicted molar refractivity (Wildman–Crippen MR) is 95.9 cm³/mol. The van der Waals surface area contributed by atoms with Gasteiger partial charge in [0.25, 0.3) is 0 Å². The van der Waals surface area contributed by atoms with E-state index in [9.17, 15) is 4.79 Å². The summed E-state index contributed by atoms with van der Waals surface area (Å²) in [5.74, 6) is 1.47. The standard InChI is InChI=1S/C21H18O4/c1-23-17-10-9-16-19(22)18(25-20(16)21(17)24-2)12-13-7-8-14-5-3-4-6-15(14)11-13/h3-11,18H,12H2,1-2H3. The van der Waals surface area contributed by atoms with Gasteiger partial charge >= 0.3 is 0 Å². The zero-order valence-electron chi connectivity index (χ0n) is 14.1. The molecule has 1 aliphatic rings. The van der Waals surface area contributed by atoms with Crippen LogP contribution in [0.1, 0.15) is 15.9 Å². The Labute approximate surface area is 145 Å². The molecule has 0 amide bonds. The van der Waals surface area contributed by atoms with Crippen LogP contribution in [0.25, 0.3) is 10.8 Å². The van der Waals surface area contributed by atoms with Gasteiger partial charge in [-0.3, -0.25) is 4.79 Å². The summed E-state index contributed by atoms with van der Waals surface area (Å²) in [6, 6.07) is 17.9. The molecule has 0 N–H and O–H groups in total. The molecule has 1 heterocycles. The quantitative estimate of drug-likeness (QED) is 0.722. The molecule has 0 bridgehead atoms. The van der Waals surface area contributed by atoms with E-state index in [0.29, 0.717) is 29.2 Å². The van der Waals surface area contributed by atoms with E-state index in [1.807, 2.05) is 18.2 Å². The number of hydrogen-bond acceptors (Lipinski definition) is 4. The first-order chi connectivity index (χ1) is 12.2. The second kappa shape index (κ2) is 6.13. The Morgan fingerprint density at radius 3 is 2.52 bits per heavy atom. The summed E-state index contributed by atoms with van der Waals surface area (Å²) in [5, 5.41) is 2.34. The molecule has 4 rings (SSSR count). The Bertz CT molecular complexity index is 961. The lowest BCUT2D eigenvalue weighted by atomic mass is 9.99. The first kappa shape index (κ1) is 15.5. The van der Waals surface area contributed by atoms with Gasteiger partial charge in [0.15, 0.2) is 17.6 Å². The van der Waals surface area contributed by atoms with Gasteiger partial charge in [-0.1, -0.05) is 42.5 Å². The molecule has 0 fully saturated rings. The number of methoxy groups -OCH3 is 2. The summed E-state index contributed by atoms with van der Waals surface area (Å²) >= 11 is 0. The molecule has 0 saturated heterocycles. The highest BCUT2D eigenvalue weighted by Gasteiger charge is 2.36. The Morgan fingerprint density at radius 2 is 1.76 bits per heavy atom. The number of carbonyl (C=O) groups is 1. The molecule has 4 nitrogen and oxygen atoms in total. The second-order valence-electron chi connectivity index (χ2n) is 6.03. The molecule has 0 radical (unpaired) electrons. The van der Waals surface area contributed by atoms with Crippen LogP contribution < -0.4 is 14.2 Å². The molecule has 0 saturated carbocycles. The van der Waals surface area contributed by atoms with E-state index in [4.69, 9.17) is 14.2 Å². The highest BCUT2D eigenvalue weighted by Crippen LogP contribution is 2.44. The highest BCUT2D eigenvalue weighted by molar-refractivity contribution is 6.06. The van der Waals surface area contributed by atoms with E-state index < -0.39 is 6.10 Å². The monoisotopic (exact) mass is 334 g/mol. The smallest absolute Gasteiger partial charge is 0.207 e. The maximum Gasteiger partial charge on any atom is 0.207 e. The Hall–Kier alpha value is -3.01. The van der Waals surface area contributed by atoms with Gasteiger partial charge in [-0.25, -0.2) is 0 Å². The van der Waals surface area contributed by atoms with Crippen molar-refractivity contribution in [2.75, 3.05) is 14.2 Å². The lowest BCUT2D eigenvalue weighted by Gasteiger charge is -2.13. The first-order valence-electron chi connectivity index (χ1n) is 8.15. The largest absolute Gasteiger partial charge is 0.493 e. The van der Waals surface area contributed by atoms with Crippen molar-refractivity contribution in [3.8, 4) is 17.2 Å². The van der Waals surface area contributed by atoms with Crippen LogP contribution in [0.4, 0.5) is 0 Å². The van der Waals surface area contributed by atoms with Crippen LogP contribution in [0.3, 0.4) is 0 Å². The van der Waals surface area contributed by atoms with Crippen LogP contribution >= 0.6 is 0 Å². The Kier molecular flexibility index (Phi) is 3.80. The summed E-state index contributed by atoms with van der Waals surface area (Å²) in [6.07, 6.45) is -0.0266. The molecule has 3 aromatic rings. The minimum absolute atomic E-state index is 0.0240. The van der Waals surface area contributed by atoms with Crippen molar-refractivity contribution >= 4 is 16.6 Å². The summed E-state index contributed by atoms with van der Waals surface area (Å²) in [4.78, 5) is 12.7. The molecular weight excluding hydrogens is 316 g/mol. The molecule has 1 atom stereocenters. The van der Waals surface area contributed by atoms with Crippen molar-refractivity contribution in [1.29, 1.82) is 0 Å². The summed E-state index contributed by atoms with van der Waals surface area (Å²) in [5.41, 5.74) is 1.61. The normalized spacial score (nSPS) is 15.8. The third kappa shape index (κ3) is 2.60. The zero-order chi connectivity index (χ0) is 17.4. The van der Waals surface area contributed by atoms with Crippen LogP contribution in [-0.2, 0) is 6.42 Å². The fraction of sp³-hybridized carbons (Fsp3) is 0.190. The van der Waals surface area contributed by atoms with Crippen molar-refractivity contribution in [2.24, 2.45) is 0 Å². The molecule has 0 aliphatic carbocycles. The average Bonchev–Trinajstić information content (AvgIpc) is 2.96. The van der Waals surface area contributed by atoms with Gasteiger partial charge in [0.05, 0.1) is 19.8 Å². The number of hydrogen-bond donors (Lipinski definition) is 0. The van der Waals surface area contributed by atoms with Crippen molar-refractivity contribution in [3.63, 3.8) is 0 Å². The molecule has 0 aromatic heterocycles. The van der Waals surface area contributed by atoms with Crippen LogP contribution in [-0.4, -0.2) is 26.1 Å². The minimum atomic E-state index is -0.544. The lowest BCUT2D eigenvalue weighted by Crippen LogP contribution is -2.23. The maximum absolute atomic E-state index is 12.7. The summed E-state index contributed by atoms with van der Waals surface area (Å²) < 4.78 is 16.6. The summed E-state index contributed by atoms with van der Waals surface area (Å²) in [7, 11) is 3.11. The van der Waals surface area contributed by atoms with Crippen LogP contribution in [0, 0.1) is 0 Å². The lowest BCUT2D eigenvalue weighted by molar-refractivity contribution is 0.0855. The number of ether oxygens (including phenoxy) is 3. The van der Waals surface area contributed by atoms with Crippen LogP contribution in [0.2, 0.25) is 0 Å². The zero-order valence-corrected chi connectivity index (χ0v) is 14.1. The van der Waals surface area contributed by atoms with Crippen molar-refractivity contribution in [2.45, 2.75) is 12.5 Å². The van der Waals surface area contributed by atoms with Gasteiger partial charge in [0.2, 0.25) is 11.5 Å². The van der Waals surface area contributed by atoms with Crippen LogP contribution in [0.5, 0.6) is 17.2 Å². The Balaban J connectivity index is 1.64. The average molecular weight is 334 g/mol. The Morgan fingerprint density at radius 1 is 0.960 bits per heavy atom. The molecule has 4 heteroatoms. The van der Waals surface area contributed by atoms with E-state index in [2.05, 4.69) is 24.3 Å². The van der Waals surface area contributed by atoms with Gasteiger partial charge in [0, 0.05) is 6.42 Å². The molecule has 0 spiro atoms. The van der Waals surface area contributed by atoms with Crippen molar-refractivity contribution < 1.29 is 19.0 Å². The number of rotatable bonds is 4. The van der Waals surface area contributed by atoms with Gasteiger partial charge in [-0.05, 0) is 28.5 Å². The fourth-order valence-electron chi connectivity index (χ4n) is 3.29. The van der Waals surface area contributed by atoms with E-state index in [1.54, 1.807) is 26.4 Å². The van der Waals surface area contributed by atoms with Crippen LogP contribution in [0.15, 0.2) is 54.6 Å². The summed E-state index contributed by atoms with van der Waals surface area (Å²) in [6.45, 7) is 0. The number of benzene rings is 3. The van der Waals surface area contributed by atoms with E-state index in [1.165, 1.54) is 5.39 Å². The topological polar surface area (TPSA) is 44.8 Å². The SMILES string of the molecule is COc1ccc2c(c1OC)OC(Cc1ccc3ccccc3c1)C2=O. The van der Waals surface area contributed by atoms with Gasteiger partial charge in [-0.2, -0.15) is 0 Å². The van der Waals surface area contributed by atoms with Gasteiger partial charge < -0.3 is 14.2 Å². The third-order valence-electron chi connectivity index (χ3n) is 4.55. The van der Waals surface area contributed by atoms with E-state index in [-0.39, 0.29) is 5.78 Å². The number of Topliss-reactive ketones (excluding diaryl/α,β-unsaturated/α-hetero) is 1. The molecule has 25 heavy (non-hydrogen) atoms. The number of fused-ring (bicyclic) bond motifs is 2. The van der Waals surface area contributed by atoms with Gasteiger partial charge in [-0.15, -0.1) is 0 Å². The van der Waals surface area contributed by atoms with Crippen molar-refractivity contribution in [3.05, 3.63) is 65.7 Å². The minimum Gasteiger partial charge on any atom is -0.493 e. The molecular formula is C21H18O4. The predicted octanol–water partition coefficient (Wildman–Crippen LogP) is 4.04. The van der Waals surface area contributed by atoms with Crippen molar-refractivity contribution in [1.82, 2.24) is 0 Å². The van der Waals surface area contributed by atoms with Gasteiger partial charge in [0.1, 0.15) is 0 Å². The molecule has 126 valence electrons. The first-order valence-corrected chi connectivity index (χ1v) is 8.15. The fourth-order valence-corrected chi connectivity index (χ4v) is 3.29.